The third-order valence-corrected chi connectivity index (χ3v) is 3.07. The monoisotopic (exact) mass is 275 g/mol. The van der Waals surface area contributed by atoms with Gasteiger partial charge in [0.05, 0.1) is 0 Å². The highest BCUT2D eigenvalue weighted by Gasteiger charge is 2.31. The van der Waals surface area contributed by atoms with Gasteiger partial charge in [-0.3, -0.25) is 0 Å². The zero-order chi connectivity index (χ0) is 14.5. The summed E-state index contributed by atoms with van der Waals surface area (Å²) in [6.07, 6.45) is -3.65. The summed E-state index contributed by atoms with van der Waals surface area (Å²) in [5.41, 5.74) is 0.631. The lowest BCUT2D eigenvalue weighted by Crippen LogP contribution is -2.28. The standard InChI is InChI=1S/C14H20F3NO/c1-4-13(2,3)10-18-9-11-7-5-6-8-12(11)19-14(15,16)17/h5-8,18H,4,9-10H2,1-3H3. The van der Waals surface area contributed by atoms with E-state index in [-0.39, 0.29) is 11.2 Å². The van der Waals surface area contributed by atoms with Gasteiger partial charge in [0.15, 0.2) is 0 Å². The van der Waals surface area contributed by atoms with E-state index in [4.69, 9.17) is 0 Å². The summed E-state index contributed by atoms with van der Waals surface area (Å²) in [7, 11) is 0. The normalized spacial score (nSPS) is 12.5. The molecule has 0 aliphatic heterocycles. The Kier molecular flexibility index (Phi) is 5.23. The highest BCUT2D eigenvalue weighted by molar-refractivity contribution is 5.33. The number of hydrogen-bond donors (Lipinski definition) is 1. The molecule has 0 unspecified atom stereocenters. The van der Waals surface area contributed by atoms with Crippen LogP contribution in [0.5, 0.6) is 5.75 Å². The quantitative estimate of drug-likeness (QED) is 0.843. The lowest BCUT2D eigenvalue weighted by molar-refractivity contribution is -0.274. The van der Waals surface area contributed by atoms with Crippen LogP contribution >= 0.6 is 0 Å². The second-order valence-corrected chi connectivity index (χ2v) is 5.28. The molecule has 1 aromatic rings. The van der Waals surface area contributed by atoms with Gasteiger partial charge in [-0.15, -0.1) is 13.2 Å². The molecule has 0 heterocycles. The smallest absolute Gasteiger partial charge is 0.405 e. The summed E-state index contributed by atoms with van der Waals surface area (Å²) in [6.45, 7) is 7.40. The van der Waals surface area contributed by atoms with Crippen molar-refractivity contribution in [1.29, 1.82) is 0 Å². The number of hydrogen-bond acceptors (Lipinski definition) is 2. The molecule has 0 aromatic heterocycles. The summed E-state index contributed by atoms with van der Waals surface area (Å²) in [5.74, 6) is -0.142. The molecule has 19 heavy (non-hydrogen) atoms. The van der Waals surface area contributed by atoms with Gasteiger partial charge in [-0.25, -0.2) is 0 Å². The van der Waals surface area contributed by atoms with Crippen molar-refractivity contribution in [1.82, 2.24) is 5.32 Å². The van der Waals surface area contributed by atoms with Crippen LogP contribution in [0.4, 0.5) is 13.2 Å². The number of ether oxygens (including phenoxy) is 1. The van der Waals surface area contributed by atoms with E-state index < -0.39 is 6.36 Å². The van der Waals surface area contributed by atoms with E-state index in [2.05, 4.69) is 30.8 Å². The fourth-order valence-electron chi connectivity index (χ4n) is 1.53. The predicted octanol–water partition coefficient (Wildman–Crippen LogP) is 4.11. The third-order valence-electron chi connectivity index (χ3n) is 3.07. The minimum absolute atomic E-state index is 0.125. The number of benzene rings is 1. The maximum atomic E-state index is 12.2. The van der Waals surface area contributed by atoms with Gasteiger partial charge in [0, 0.05) is 18.7 Å². The van der Waals surface area contributed by atoms with E-state index in [9.17, 15) is 13.2 Å². The van der Waals surface area contributed by atoms with Crippen LogP contribution in [0.15, 0.2) is 24.3 Å². The lowest BCUT2D eigenvalue weighted by Gasteiger charge is -2.23. The summed E-state index contributed by atoms with van der Waals surface area (Å²) in [5, 5.41) is 3.17. The molecule has 0 saturated heterocycles. The zero-order valence-electron chi connectivity index (χ0n) is 11.5. The predicted molar refractivity (Wildman–Crippen MR) is 68.9 cm³/mol. The highest BCUT2D eigenvalue weighted by atomic mass is 19.4. The van der Waals surface area contributed by atoms with Crippen molar-refractivity contribution in [2.24, 2.45) is 5.41 Å². The van der Waals surface area contributed by atoms with Crippen molar-refractivity contribution >= 4 is 0 Å². The van der Waals surface area contributed by atoms with Gasteiger partial charge in [0.2, 0.25) is 0 Å². The Balaban J connectivity index is 2.63. The number of halogens is 3. The van der Waals surface area contributed by atoms with Gasteiger partial charge < -0.3 is 10.1 Å². The Bertz CT molecular complexity index is 402. The Labute approximate surface area is 112 Å². The molecule has 2 nitrogen and oxygen atoms in total. The molecular weight excluding hydrogens is 255 g/mol. The molecule has 0 bridgehead atoms. The van der Waals surface area contributed by atoms with E-state index in [1.54, 1.807) is 12.1 Å². The maximum absolute atomic E-state index is 12.2. The molecule has 0 saturated carbocycles. The van der Waals surface area contributed by atoms with Crippen LogP contribution in [0.2, 0.25) is 0 Å². The van der Waals surface area contributed by atoms with Crippen LogP contribution in [0.25, 0.3) is 0 Å². The number of para-hydroxylation sites is 1. The summed E-state index contributed by atoms with van der Waals surface area (Å²) in [6, 6.07) is 6.19. The Morgan fingerprint density at radius 3 is 2.37 bits per heavy atom. The molecule has 0 amide bonds. The van der Waals surface area contributed by atoms with E-state index >= 15 is 0 Å². The molecular formula is C14H20F3NO. The van der Waals surface area contributed by atoms with Crippen LogP contribution in [-0.4, -0.2) is 12.9 Å². The van der Waals surface area contributed by atoms with E-state index in [0.717, 1.165) is 13.0 Å². The van der Waals surface area contributed by atoms with Gasteiger partial charge in [0.25, 0.3) is 0 Å². The minimum Gasteiger partial charge on any atom is -0.405 e. The van der Waals surface area contributed by atoms with E-state index in [1.807, 2.05) is 0 Å². The highest BCUT2D eigenvalue weighted by Crippen LogP contribution is 2.26. The Morgan fingerprint density at radius 2 is 1.79 bits per heavy atom. The van der Waals surface area contributed by atoms with E-state index in [0.29, 0.717) is 12.1 Å². The van der Waals surface area contributed by atoms with Crippen LogP contribution < -0.4 is 10.1 Å². The lowest BCUT2D eigenvalue weighted by atomic mass is 9.90. The van der Waals surface area contributed by atoms with Crippen LogP contribution in [-0.2, 0) is 6.54 Å². The summed E-state index contributed by atoms with van der Waals surface area (Å²) < 4.78 is 40.7. The molecule has 0 spiro atoms. The van der Waals surface area contributed by atoms with Crippen molar-refractivity contribution in [2.45, 2.75) is 40.1 Å². The number of rotatable bonds is 6. The second kappa shape index (κ2) is 6.28. The summed E-state index contributed by atoms with van der Waals surface area (Å²) in [4.78, 5) is 0. The van der Waals surface area contributed by atoms with Gasteiger partial charge in [-0.05, 0) is 17.9 Å². The third kappa shape index (κ3) is 5.96. The maximum Gasteiger partial charge on any atom is 0.573 e. The molecule has 0 aliphatic rings. The average Bonchev–Trinajstić information content (AvgIpc) is 2.29. The van der Waals surface area contributed by atoms with Crippen molar-refractivity contribution in [3.05, 3.63) is 29.8 Å². The molecule has 1 aromatic carbocycles. The second-order valence-electron chi connectivity index (χ2n) is 5.28. The van der Waals surface area contributed by atoms with Crippen LogP contribution in [0, 0.1) is 5.41 Å². The molecule has 0 aliphatic carbocycles. The largest absolute Gasteiger partial charge is 0.573 e. The Hall–Kier alpha value is -1.23. The van der Waals surface area contributed by atoms with Crippen molar-refractivity contribution in [3.63, 3.8) is 0 Å². The van der Waals surface area contributed by atoms with Crippen LogP contribution in [0.3, 0.4) is 0 Å². The first kappa shape index (κ1) is 15.8. The van der Waals surface area contributed by atoms with Gasteiger partial charge in [-0.1, -0.05) is 39.0 Å². The van der Waals surface area contributed by atoms with Crippen molar-refractivity contribution < 1.29 is 17.9 Å². The molecule has 1 N–H and O–H groups in total. The van der Waals surface area contributed by atoms with Gasteiger partial charge >= 0.3 is 6.36 Å². The fraction of sp³-hybridized carbons (Fsp3) is 0.571. The summed E-state index contributed by atoms with van der Waals surface area (Å²) >= 11 is 0. The number of nitrogens with one attached hydrogen (secondary N) is 1. The van der Waals surface area contributed by atoms with Crippen LogP contribution in [0.1, 0.15) is 32.8 Å². The first-order chi connectivity index (χ1) is 8.73. The Morgan fingerprint density at radius 1 is 1.16 bits per heavy atom. The van der Waals surface area contributed by atoms with Crippen molar-refractivity contribution in [2.75, 3.05) is 6.54 Å². The topological polar surface area (TPSA) is 21.3 Å². The zero-order valence-corrected chi connectivity index (χ0v) is 11.5. The molecule has 0 atom stereocenters. The number of alkyl halides is 3. The fourth-order valence-corrected chi connectivity index (χ4v) is 1.53. The molecule has 0 fully saturated rings. The van der Waals surface area contributed by atoms with E-state index in [1.165, 1.54) is 12.1 Å². The SMILES string of the molecule is CCC(C)(C)CNCc1ccccc1OC(F)(F)F. The molecule has 0 radical (unpaired) electrons. The average molecular weight is 275 g/mol. The first-order valence-electron chi connectivity index (χ1n) is 6.28. The molecule has 108 valence electrons. The molecule has 5 heteroatoms. The minimum atomic E-state index is -4.65. The molecule has 1 rings (SSSR count). The van der Waals surface area contributed by atoms with Gasteiger partial charge in [-0.2, -0.15) is 0 Å². The first-order valence-corrected chi connectivity index (χ1v) is 6.28. The van der Waals surface area contributed by atoms with Gasteiger partial charge in [0.1, 0.15) is 5.75 Å². The van der Waals surface area contributed by atoms with Crippen molar-refractivity contribution in [3.8, 4) is 5.75 Å².